The zero-order valence-corrected chi connectivity index (χ0v) is 27.9. The standard InChI is InChI=1S/C33H48N4O7S/c1-6-9-18-37-31(39)29(30(38)24(7-2)8-3)34-32(40)33(37)16-19-36(20-17-33)22-23-10-13-26(14-11-23)44-27-15-12-25(21-28(27)43-4)35-45(5,41)42/h10-15,21,24,29-30,35,38H,6-9,16-20,22H2,1-5H3,(H,34,40)/t29-,30-/m1/s1. The zero-order chi connectivity index (χ0) is 32.8. The Bertz CT molecular complexity index is 1420. The van der Waals surface area contributed by atoms with E-state index >= 15 is 0 Å². The summed E-state index contributed by atoms with van der Waals surface area (Å²) in [6, 6.07) is 11.6. The number of carbonyl (C=O) groups is 2. The lowest BCUT2D eigenvalue weighted by molar-refractivity contribution is -0.165. The van der Waals surface area contributed by atoms with Crippen molar-refractivity contribution in [2.24, 2.45) is 5.92 Å². The fourth-order valence-corrected chi connectivity index (χ4v) is 6.97. The van der Waals surface area contributed by atoms with E-state index in [1.165, 1.54) is 7.11 Å². The summed E-state index contributed by atoms with van der Waals surface area (Å²) < 4.78 is 36.9. The van der Waals surface area contributed by atoms with E-state index in [0.29, 0.717) is 62.0 Å². The fourth-order valence-electron chi connectivity index (χ4n) is 6.41. The largest absolute Gasteiger partial charge is 0.493 e. The molecule has 45 heavy (non-hydrogen) atoms. The Balaban J connectivity index is 1.40. The molecule has 2 aliphatic rings. The molecule has 4 rings (SSSR count). The summed E-state index contributed by atoms with van der Waals surface area (Å²) >= 11 is 0. The first-order valence-corrected chi connectivity index (χ1v) is 17.8. The minimum Gasteiger partial charge on any atom is -0.493 e. The van der Waals surface area contributed by atoms with Crippen LogP contribution in [0.15, 0.2) is 42.5 Å². The molecule has 3 N–H and O–H groups in total. The van der Waals surface area contributed by atoms with Crippen molar-refractivity contribution in [1.82, 2.24) is 15.1 Å². The number of methoxy groups -OCH3 is 1. The lowest BCUT2D eigenvalue weighted by Gasteiger charge is -2.52. The maximum atomic E-state index is 13.8. The fraction of sp³-hybridized carbons (Fsp3) is 0.576. The number of ether oxygens (including phenoxy) is 2. The molecule has 248 valence electrons. The van der Waals surface area contributed by atoms with Crippen LogP contribution in [0.2, 0.25) is 0 Å². The lowest BCUT2D eigenvalue weighted by atomic mass is 9.79. The quantitative estimate of drug-likeness (QED) is 0.280. The van der Waals surface area contributed by atoms with Gasteiger partial charge in [-0.15, -0.1) is 0 Å². The molecular formula is C33H48N4O7S. The highest BCUT2D eigenvalue weighted by Crippen LogP contribution is 2.36. The number of aliphatic hydroxyl groups excluding tert-OH is 1. The first-order valence-electron chi connectivity index (χ1n) is 15.9. The Kier molecular flexibility index (Phi) is 11.4. The van der Waals surface area contributed by atoms with Crippen molar-refractivity contribution in [2.45, 2.75) is 83.5 Å². The van der Waals surface area contributed by atoms with Gasteiger partial charge in [0.1, 0.15) is 17.3 Å². The molecule has 2 atom stereocenters. The van der Waals surface area contributed by atoms with Gasteiger partial charge in [0.15, 0.2) is 11.5 Å². The first-order chi connectivity index (χ1) is 21.4. The summed E-state index contributed by atoms with van der Waals surface area (Å²) in [5, 5.41) is 14.0. The van der Waals surface area contributed by atoms with Crippen LogP contribution in [0.5, 0.6) is 17.2 Å². The average molecular weight is 645 g/mol. The molecule has 2 aliphatic heterocycles. The van der Waals surface area contributed by atoms with Crippen molar-refractivity contribution >= 4 is 27.5 Å². The van der Waals surface area contributed by atoms with Crippen LogP contribution in [-0.2, 0) is 26.2 Å². The van der Waals surface area contributed by atoms with Crippen molar-refractivity contribution in [3.05, 3.63) is 48.0 Å². The zero-order valence-electron chi connectivity index (χ0n) is 27.0. The Labute approximate surface area is 267 Å². The van der Waals surface area contributed by atoms with Gasteiger partial charge in [0.25, 0.3) is 0 Å². The van der Waals surface area contributed by atoms with Gasteiger partial charge < -0.3 is 24.8 Å². The SMILES string of the molecule is CCCCN1C(=O)[C@@H]([C@H](O)C(CC)CC)NC(=O)C12CCN(Cc1ccc(Oc3ccc(NS(C)(=O)=O)cc3OC)cc1)CC2. The topological polar surface area (TPSA) is 138 Å². The molecule has 0 bridgehead atoms. The van der Waals surface area contributed by atoms with Crippen LogP contribution in [0, 0.1) is 5.92 Å². The highest BCUT2D eigenvalue weighted by Gasteiger charge is 2.55. The van der Waals surface area contributed by atoms with E-state index in [4.69, 9.17) is 9.47 Å². The van der Waals surface area contributed by atoms with Crippen LogP contribution in [0.25, 0.3) is 0 Å². The van der Waals surface area contributed by atoms with Gasteiger partial charge in [-0.3, -0.25) is 19.2 Å². The Morgan fingerprint density at radius 2 is 1.71 bits per heavy atom. The molecular weight excluding hydrogens is 596 g/mol. The number of hydrogen-bond donors (Lipinski definition) is 3. The number of amides is 2. The second kappa shape index (κ2) is 14.8. The molecule has 0 aliphatic carbocycles. The Hall–Kier alpha value is -3.35. The summed E-state index contributed by atoms with van der Waals surface area (Å²) in [4.78, 5) is 31.5. The van der Waals surface area contributed by atoms with Crippen LogP contribution in [0.1, 0.15) is 64.9 Å². The minimum atomic E-state index is -3.42. The van der Waals surface area contributed by atoms with Crippen molar-refractivity contribution in [3.8, 4) is 17.2 Å². The van der Waals surface area contributed by atoms with Gasteiger partial charge in [-0.05, 0) is 55.0 Å². The predicted molar refractivity (Wildman–Crippen MR) is 174 cm³/mol. The van der Waals surface area contributed by atoms with Crippen molar-refractivity contribution < 1.29 is 32.6 Å². The summed E-state index contributed by atoms with van der Waals surface area (Å²) in [6.45, 7) is 8.58. The summed E-state index contributed by atoms with van der Waals surface area (Å²) in [7, 11) is -1.93. The molecule has 12 heteroatoms. The smallest absolute Gasteiger partial charge is 0.248 e. The molecule has 2 saturated heterocycles. The van der Waals surface area contributed by atoms with Gasteiger partial charge in [-0.1, -0.05) is 52.2 Å². The molecule has 2 aromatic rings. The Morgan fingerprint density at radius 3 is 2.29 bits per heavy atom. The third-order valence-electron chi connectivity index (χ3n) is 9.07. The second-order valence-corrected chi connectivity index (χ2v) is 13.9. The number of piperidine rings is 1. The van der Waals surface area contributed by atoms with Crippen molar-refractivity contribution in [3.63, 3.8) is 0 Å². The first kappa shape index (κ1) is 34.5. The van der Waals surface area contributed by atoms with Gasteiger partial charge in [0.2, 0.25) is 21.8 Å². The number of unbranched alkanes of at least 4 members (excludes halogenated alkanes) is 1. The maximum Gasteiger partial charge on any atom is 0.248 e. The van der Waals surface area contributed by atoms with Gasteiger partial charge in [-0.25, -0.2) is 8.42 Å². The molecule has 2 heterocycles. The lowest BCUT2D eigenvalue weighted by Crippen LogP contribution is -2.75. The third kappa shape index (κ3) is 8.09. The summed E-state index contributed by atoms with van der Waals surface area (Å²) in [6.07, 6.45) is 4.45. The van der Waals surface area contributed by atoms with E-state index in [9.17, 15) is 23.1 Å². The number of nitrogens with one attached hydrogen (secondary N) is 2. The third-order valence-corrected chi connectivity index (χ3v) is 9.68. The maximum absolute atomic E-state index is 13.8. The van der Waals surface area contributed by atoms with Crippen molar-refractivity contribution in [1.29, 1.82) is 0 Å². The molecule has 0 radical (unpaired) electrons. The monoisotopic (exact) mass is 644 g/mol. The van der Waals surface area contributed by atoms with E-state index < -0.39 is 27.7 Å². The average Bonchev–Trinajstić information content (AvgIpc) is 3.01. The number of sulfonamides is 1. The molecule has 1 spiro atoms. The number of aliphatic hydroxyl groups is 1. The van der Waals surface area contributed by atoms with E-state index in [1.807, 2.05) is 38.1 Å². The second-order valence-electron chi connectivity index (χ2n) is 12.2. The van der Waals surface area contributed by atoms with Gasteiger partial charge in [0.05, 0.1) is 25.2 Å². The Morgan fingerprint density at radius 1 is 1.04 bits per heavy atom. The molecule has 0 aromatic heterocycles. The predicted octanol–water partition coefficient (Wildman–Crippen LogP) is 4.12. The van der Waals surface area contributed by atoms with Gasteiger partial charge in [0, 0.05) is 32.2 Å². The van der Waals surface area contributed by atoms with Crippen molar-refractivity contribution in [2.75, 3.05) is 37.7 Å². The van der Waals surface area contributed by atoms with E-state index in [2.05, 4.69) is 21.9 Å². The number of likely N-dealkylation sites (tertiary alicyclic amines) is 1. The molecule has 11 nitrogen and oxygen atoms in total. The van der Waals surface area contributed by atoms with Crippen LogP contribution < -0.4 is 19.5 Å². The summed E-state index contributed by atoms with van der Waals surface area (Å²) in [5.41, 5.74) is 0.567. The molecule has 0 unspecified atom stereocenters. The molecule has 2 fully saturated rings. The van der Waals surface area contributed by atoms with Crippen LogP contribution >= 0.6 is 0 Å². The van der Waals surface area contributed by atoms with E-state index in [0.717, 1.165) is 37.5 Å². The van der Waals surface area contributed by atoms with Gasteiger partial charge >= 0.3 is 0 Å². The van der Waals surface area contributed by atoms with Gasteiger partial charge in [-0.2, -0.15) is 0 Å². The summed E-state index contributed by atoms with van der Waals surface area (Å²) in [5.74, 6) is 1.09. The van der Waals surface area contributed by atoms with Crippen LogP contribution in [-0.4, -0.2) is 85.8 Å². The number of piperazine rings is 1. The number of carbonyl (C=O) groups excluding carboxylic acids is 2. The molecule has 0 saturated carbocycles. The molecule has 2 amide bonds. The number of benzene rings is 2. The highest BCUT2D eigenvalue weighted by atomic mass is 32.2. The number of hydrogen-bond acceptors (Lipinski definition) is 8. The number of rotatable bonds is 14. The highest BCUT2D eigenvalue weighted by molar-refractivity contribution is 7.92. The van der Waals surface area contributed by atoms with Crippen LogP contribution in [0.4, 0.5) is 5.69 Å². The minimum absolute atomic E-state index is 0.0493. The number of anilines is 1. The normalized spacial score (nSPS) is 19.4. The van der Waals surface area contributed by atoms with E-state index in [-0.39, 0.29) is 17.7 Å². The van der Waals surface area contributed by atoms with E-state index in [1.54, 1.807) is 23.1 Å². The molecule has 2 aromatic carbocycles. The number of nitrogens with zero attached hydrogens (tertiary/aromatic N) is 2. The van der Waals surface area contributed by atoms with Crippen LogP contribution in [0.3, 0.4) is 0 Å².